The number of carbonyl (C=O) groups is 1. The number of aromatic nitrogens is 4. The van der Waals surface area contributed by atoms with E-state index < -0.39 is 11.9 Å². The number of benzene rings is 2. The number of hydrogen-bond donors (Lipinski definition) is 3. The van der Waals surface area contributed by atoms with E-state index in [4.69, 9.17) is 15.5 Å². The number of hydrogen-bond acceptors (Lipinski definition) is 6. The molecule has 1 unspecified atom stereocenters. The molecule has 0 bridgehead atoms. The quantitative estimate of drug-likeness (QED) is 0.327. The highest BCUT2D eigenvalue weighted by Crippen LogP contribution is 2.25. The number of primary amides is 1. The van der Waals surface area contributed by atoms with E-state index in [0.29, 0.717) is 18.2 Å². The third-order valence-electron chi connectivity index (χ3n) is 5.39. The van der Waals surface area contributed by atoms with Crippen molar-refractivity contribution < 1.29 is 9.53 Å². The van der Waals surface area contributed by atoms with Gasteiger partial charge in [0.2, 0.25) is 11.8 Å². The molecular formula is C26H22N6O2. The summed E-state index contributed by atoms with van der Waals surface area (Å²) in [7, 11) is 0. The number of carbonyl (C=O) groups excluding carboxylic acids is 1. The van der Waals surface area contributed by atoms with Gasteiger partial charge in [-0.15, -0.1) is 0 Å². The highest BCUT2D eigenvalue weighted by Gasteiger charge is 2.17. The lowest BCUT2D eigenvalue weighted by molar-refractivity contribution is -0.120. The van der Waals surface area contributed by atoms with E-state index in [1.54, 1.807) is 12.4 Å². The molecule has 3 heterocycles. The summed E-state index contributed by atoms with van der Waals surface area (Å²) in [6, 6.07) is 24.0. The van der Waals surface area contributed by atoms with Crippen LogP contribution in [-0.2, 0) is 11.3 Å². The van der Waals surface area contributed by atoms with Crippen LogP contribution in [0.25, 0.3) is 22.2 Å². The van der Waals surface area contributed by atoms with Crippen LogP contribution in [0.5, 0.6) is 11.6 Å². The fourth-order valence-corrected chi connectivity index (χ4v) is 3.68. The van der Waals surface area contributed by atoms with Crippen molar-refractivity contribution in [3.8, 4) is 22.9 Å². The Morgan fingerprint density at radius 1 is 1.03 bits per heavy atom. The Kier molecular flexibility index (Phi) is 5.96. The minimum absolute atomic E-state index is 0.406. The van der Waals surface area contributed by atoms with Crippen LogP contribution in [-0.4, -0.2) is 26.1 Å². The molecule has 1 atom stereocenters. The summed E-state index contributed by atoms with van der Waals surface area (Å²) in [5, 5.41) is 11.0. The first-order chi connectivity index (χ1) is 16.7. The van der Waals surface area contributed by atoms with Crippen molar-refractivity contribution >= 4 is 16.8 Å². The average molecular weight is 451 g/mol. The zero-order valence-electron chi connectivity index (χ0n) is 18.2. The summed E-state index contributed by atoms with van der Waals surface area (Å²) in [6.45, 7) is 0.406. The largest absolute Gasteiger partial charge is 0.439 e. The van der Waals surface area contributed by atoms with Gasteiger partial charge in [0, 0.05) is 36.0 Å². The van der Waals surface area contributed by atoms with Crippen molar-refractivity contribution in [1.29, 1.82) is 0 Å². The molecule has 5 aromatic rings. The zero-order valence-corrected chi connectivity index (χ0v) is 18.2. The number of ether oxygens (including phenoxy) is 1. The van der Waals surface area contributed by atoms with Gasteiger partial charge < -0.3 is 10.5 Å². The van der Waals surface area contributed by atoms with Crippen molar-refractivity contribution in [1.82, 2.24) is 25.5 Å². The standard InChI is InChI=1S/C26H22N6O2/c27-26(33)25(17-4-2-1-3-5-17)29-16-20-8-6-18-14-21(9-10-22(18)31-20)34-24-11-7-19(15-28-24)23-12-13-30-32-23/h1-15,25,29H,16H2,(H2,27,33)(H,30,32). The maximum absolute atomic E-state index is 11.9. The Morgan fingerprint density at radius 3 is 2.65 bits per heavy atom. The van der Waals surface area contributed by atoms with Crippen LogP contribution in [0, 0.1) is 0 Å². The van der Waals surface area contributed by atoms with E-state index >= 15 is 0 Å². The van der Waals surface area contributed by atoms with Crippen LogP contribution in [0.1, 0.15) is 17.3 Å². The highest BCUT2D eigenvalue weighted by molar-refractivity contribution is 5.82. The smallest absolute Gasteiger partial charge is 0.239 e. The zero-order chi connectivity index (χ0) is 23.3. The number of amides is 1. The molecule has 34 heavy (non-hydrogen) atoms. The number of nitrogens with one attached hydrogen (secondary N) is 2. The van der Waals surface area contributed by atoms with Gasteiger partial charge in [-0.2, -0.15) is 5.10 Å². The second-order valence-corrected chi connectivity index (χ2v) is 7.74. The maximum Gasteiger partial charge on any atom is 0.239 e. The third kappa shape index (κ3) is 4.77. The van der Waals surface area contributed by atoms with E-state index in [-0.39, 0.29) is 0 Å². The summed E-state index contributed by atoms with van der Waals surface area (Å²) < 4.78 is 5.91. The molecule has 5 rings (SSSR count). The summed E-state index contributed by atoms with van der Waals surface area (Å²) >= 11 is 0. The Balaban J connectivity index is 1.27. The molecule has 2 aromatic carbocycles. The molecule has 1 amide bonds. The Bertz CT molecular complexity index is 1400. The van der Waals surface area contributed by atoms with Crippen LogP contribution in [0.3, 0.4) is 0 Å². The van der Waals surface area contributed by atoms with Gasteiger partial charge in [-0.25, -0.2) is 4.98 Å². The van der Waals surface area contributed by atoms with Gasteiger partial charge in [0.25, 0.3) is 0 Å². The monoisotopic (exact) mass is 450 g/mol. The molecule has 8 heteroatoms. The van der Waals surface area contributed by atoms with E-state index in [1.165, 1.54) is 0 Å². The number of nitrogens with two attached hydrogens (primary N) is 1. The summed E-state index contributed by atoms with van der Waals surface area (Å²) in [5.74, 6) is 0.731. The first kappa shape index (κ1) is 21.3. The molecule has 0 aliphatic heterocycles. The first-order valence-corrected chi connectivity index (χ1v) is 10.8. The van der Waals surface area contributed by atoms with E-state index in [1.807, 2.05) is 78.9 Å². The maximum atomic E-state index is 11.9. The molecule has 0 radical (unpaired) electrons. The number of nitrogens with zero attached hydrogens (tertiary/aromatic N) is 3. The second kappa shape index (κ2) is 9.51. The van der Waals surface area contributed by atoms with Crippen LogP contribution in [0.4, 0.5) is 0 Å². The minimum atomic E-state index is -0.582. The number of fused-ring (bicyclic) bond motifs is 1. The number of rotatable bonds is 8. The Hall–Kier alpha value is -4.56. The van der Waals surface area contributed by atoms with Crippen LogP contribution >= 0.6 is 0 Å². The molecule has 0 aliphatic rings. The van der Waals surface area contributed by atoms with Crippen LogP contribution < -0.4 is 15.8 Å². The van der Waals surface area contributed by atoms with E-state index in [9.17, 15) is 4.79 Å². The number of aromatic amines is 1. The van der Waals surface area contributed by atoms with Gasteiger partial charge in [-0.1, -0.05) is 36.4 Å². The molecular weight excluding hydrogens is 428 g/mol. The van der Waals surface area contributed by atoms with Gasteiger partial charge in [-0.05, 0) is 42.0 Å². The van der Waals surface area contributed by atoms with E-state index in [2.05, 4.69) is 20.5 Å². The predicted octanol–water partition coefficient (Wildman–Crippen LogP) is 4.13. The van der Waals surface area contributed by atoms with Crippen LogP contribution in [0.2, 0.25) is 0 Å². The van der Waals surface area contributed by atoms with Crippen LogP contribution in [0.15, 0.2) is 91.3 Å². The summed E-state index contributed by atoms with van der Waals surface area (Å²) in [6.07, 6.45) is 3.43. The molecule has 3 aromatic heterocycles. The molecule has 8 nitrogen and oxygen atoms in total. The van der Waals surface area contributed by atoms with Gasteiger partial charge in [0.1, 0.15) is 11.8 Å². The lowest BCUT2D eigenvalue weighted by atomic mass is 10.1. The average Bonchev–Trinajstić information content (AvgIpc) is 3.40. The van der Waals surface area contributed by atoms with Crippen molar-refractivity contribution in [2.45, 2.75) is 12.6 Å². The fourth-order valence-electron chi connectivity index (χ4n) is 3.68. The van der Waals surface area contributed by atoms with Crippen molar-refractivity contribution in [2.75, 3.05) is 0 Å². The fraction of sp³-hybridized carbons (Fsp3) is 0.0769. The van der Waals surface area contributed by atoms with Crippen molar-refractivity contribution in [3.63, 3.8) is 0 Å². The second-order valence-electron chi connectivity index (χ2n) is 7.74. The Labute approximate surface area is 195 Å². The van der Waals surface area contributed by atoms with E-state index in [0.717, 1.165) is 33.4 Å². The van der Waals surface area contributed by atoms with Gasteiger partial charge in [-0.3, -0.25) is 20.2 Å². The topological polar surface area (TPSA) is 119 Å². The lowest BCUT2D eigenvalue weighted by Gasteiger charge is -2.15. The highest BCUT2D eigenvalue weighted by atomic mass is 16.5. The lowest BCUT2D eigenvalue weighted by Crippen LogP contribution is -2.33. The molecule has 0 fully saturated rings. The normalized spacial score (nSPS) is 11.9. The molecule has 0 spiro atoms. The summed E-state index contributed by atoms with van der Waals surface area (Å²) in [4.78, 5) is 21.0. The SMILES string of the molecule is NC(=O)C(NCc1ccc2cc(Oc3ccc(-c4ccn[nH]4)cn3)ccc2n1)c1ccccc1. The molecule has 0 aliphatic carbocycles. The number of H-pyrrole nitrogens is 1. The van der Waals surface area contributed by atoms with Crippen molar-refractivity contribution in [2.24, 2.45) is 5.73 Å². The minimum Gasteiger partial charge on any atom is -0.439 e. The molecule has 0 saturated heterocycles. The first-order valence-electron chi connectivity index (χ1n) is 10.8. The summed E-state index contributed by atoms with van der Waals surface area (Å²) in [5.41, 5.74) is 9.87. The molecule has 0 saturated carbocycles. The molecule has 4 N–H and O–H groups in total. The Morgan fingerprint density at radius 2 is 1.91 bits per heavy atom. The third-order valence-corrected chi connectivity index (χ3v) is 5.39. The molecule has 168 valence electrons. The number of pyridine rings is 2. The van der Waals surface area contributed by atoms with Crippen molar-refractivity contribution in [3.05, 3.63) is 103 Å². The van der Waals surface area contributed by atoms with Gasteiger partial charge in [0.15, 0.2) is 0 Å². The van der Waals surface area contributed by atoms with Gasteiger partial charge in [0.05, 0.1) is 16.9 Å². The van der Waals surface area contributed by atoms with Gasteiger partial charge >= 0.3 is 0 Å². The predicted molar refractivity (Wildman–Crippen MR) is 129 cm³/mol.